The normalized spacial score (nSPS) is 10.9. The maximum absolute atomic E-state index is 11.9. The highest BCUT2D eigenvalue weighted by molar-refractivity contribution is 7.58. The molecule has 0 aliphatic rings. The highest BCUT2D eigenvalue weighted by atomic mass is 31.2. The summed E-state index contributed by atoms with van der Waals surface area (Å²) in [6.45, 7) is 7.77. The van der Waals surface area contributed by atoms with Crippen LogP contribution < -0.4 is 0 Å². The molecular weight excluding hydrogens is 201 g/mol. The number of rotatable bonds is 7. The summed E-state index contributed by atoms with van der Waals surface area (Å²) in [5.74, 6) is 0. The Labute approximate surface area is 85.1 Å². The molecule has 0 atom stereocenters. The molecule has 0 rings (SSSR count). The maximum Gasteiger partial charge on any atom is 0.371 e. The first-order valence-corrected chi connectivity index (χ1v) is 6.13. The lowest BCUT2D eigenvalue weighted by molar-refractivity contribution is 0.211. The van der Waals surface area contributed by atoms with Gasteiger partial charge in [0.2, 0.25) is 0 Å². The molecule has 0 saturated heterocycles. The number of nitriles is 1. The Morgan fingerprint density at radius 3 is 2.07 bits per heavy atom. The van der Waals surface area contributed by atoms with E-state index in [9.17, 15) is 4.57 Å². The summed E-state index contributed by atoms with van der Waals surface area (Å²) in [5, 5.41) is 8.46. The maximum atomic E-state index is 11.9. The minimum absolute atomic E-state index is 0.126. The fourth-order valence-electron chi connectivity index (χ4n) is 0.677. The van der Waals surface area contributed by atoms with E-state index < -0.39 is 7.60 Å². The molecule has 0 N–H and O–H groups in total. The first-order valence-electron chi connectivity index (χ1n) is 4.59. The molecule has 4 nitrogen and oxygen atoms in total. The molecule has 80 valence electrons. The van der Waals surface area contributed by atoms with Crippen LogP contribution in [-0.2, 0) is 13.6 Å². The number of allylic oxidation sites excluding steroid dienone is 1. The fourth-order valence-corrected chi connectivity index (χ4v) is 2.03. The van der Waals surface area contributed by atoms with Gasteiger partial charge in [0.05, 0.1) is 13.2 Å². The van der Waals surface area contributed by atoms with Gasteiger partial charge in [-0.3, -0.25) is 4.57 Å². The summed E-state index contributed by atoms with van der Waals surface area (Å²) in [6.07, 6.45) is 1.44. The van der Waals surface area contributed by atoms with Gasteiger partial charge in [-0.1, -0.05) is 20.4 Å². The number of hydrogen-bond donors (Lipinski definition) is 0. The van der Waals surface area contributed by atoms with E-state index in [1.165, 1.54) is 0 Å². The van der Waals surface area contributed by atoms with Gasteiger partial charge in [-0.2, -0.15) is 5.26 Å². The Hall–Kier alpha value is -0.620. The van der Waals surface area contributed by atoms with E-state index in [1.54, 1.807) is 6.07 Å². The summed E-state index contributed by atoms with van der Waals surface area (Å²) in [6, 6.07) is 1.72. The van der Waals surface area contributed by atoms with Crippen LogP contribution in [0.4, 0.5) is 0 Å². The molecule has 0 radical (unpaired) electrons. The minimum atomic E-state index is -3.40. The van der Waals surface area contributed by atoms with Crippen LogP contribution in [0.2, 0.25) is 0 Å². The quantitative estimate of drug-likeness (QED) is 0.485. The van der Waals surface area contributed by atoms with Crippen molar-refractivity contribution >= 4 is 7.60 Å². The van der Waals surface area contributed by atoms with Gasteiger partial charge in [-0.15, -0.1) is 0 Å². The standard InChI is InChI=1S/C9H16NO3P/c1-4-6-12-14(11,9(3)8-10)13-7-5-2/h3-7H2,1-2H3. The predicted octanol–water partition coefficient (Wildman–Crippen LogP) is 3.07. The van der Waals surface area contributed by atoms with Crippen LogP contribution in [0.1, 0.15) is 26.7 Å². The molecule has 0 aliphatic heterocycles. The van der Waals surface area contributed by atoms with Gasteiger partial charge in [0, 0.05) is 0 Å². The van der Waals surface area contributed by atoms with Crippen LogP contribution in [-0.4, -0.2) is 13.2 Å². The van der Waals surface area contributed by atoms with E-state index in [-0.39, 0.29) is 5.31 Å². The summed E-state index contributed by atoms with van der Waals surface area (Å²) >= 11 is 0. The van der Waals surface area contributed by atoms with Crippen LogP contribution in [0.5, 0.6) is 0 Å². The second-order valence-electron chi connectivity index (χ2n) is 2.72. The molecule has 0 heterocycles. The van der Waals surface area contributed by atoms with Gasteiger partial charge in [0.1, 0.15) is 11.4 Å². The lowest BCUT2D eigenvalue weighted by Crippen LogP contribution is -1.99. The Balaban J connectivity index is 4.43. The summed E-state index contributed by atoms with van der Waals surface area (Å²) in [5.41, 5.74) is 0. The van der Waals surface area contributed by atoms with Gasteiger partial charge in [0.25, 0.3) is 0 Å². The number of hydrogen-bond acceptors (Lipinski definition) is 4. The molecule has 0 bridgehead atoms. The van der Waals surface area contributed by atoms with Crippen LogP contribution in [0.15, 0.2) is 11.9 Å². The SMILES string of the molecule is C=C(C#N)P(=O)(OCCC)OCCC. The molecule has 0 aliphatic carbocycles. The zero-order valence-electron chi connectivity index (χ0n) is 8.65. The van der Waals surface area contributed by atoms with E-state index in [4.69, 9.17) is 14.3 Å². The Morgan fingerprint density at radius 1 is 1.36 bits per heavy atom. The largest absolute Gasteiger partial charge is 0.371 e. The molecule has 14 heavy (non-hydrogen) atoms. The molecule has 5 heteroatoms. The van der Waals surface area contributed by atoms with Gasteiger partial charge < -0.3 is 9.05 Å². The van der Waals surface area contributed by atoms with Crippen molar-refractivity contribution in [3.63, 3.8) is 0 Å². The van der Waals surface area contributed by atoms with Crippen LogP contribution in [0.25, 0.3) is 0 Å². The summed E-state index contributed by atoms with van der Waals surface area (Å²) < 4.78 is 22.0. The Kier molecular flexibility index (Phi) is 6.48. The second-order valence-corrected chi connectivity index (χ2v) is 4.77. The van der Waals surface area contributed by atoms with Crippen molar-refractivity contribution in [1.29, 1.82) is 5.26 Å². The van der Waals surface area contributed by atoms with Crippen molar-refractivity contribution in [2.45, 2.75) is 26.7 Å². The molecule has 0 saturated carbocycles. The zero-order chi connectivity index (χ0) is 11.0. The van der Waals surface area contributed by atoms with Crippen molar-refractivity contribution < 1.29 is 13.6 Å². The molecule has 0 amide bonds. The fraction of sp³-hybridized carbons (Fsp3) is 0.667. The molecular formula is C9H16NO3P. The molecule has 0 aromatic carbocycles. The first kappa shape index (κ1) is 13.4. The van der Waals surface area contributed by atoms with E-state index in [1.807, 2.05) is 13.8 Å². The van der Waals surface area contributed by atoms with Crippen LogP contribution in [0, 0.1) is 11.3 Å². The smallest absolute Gasteiger partial charge is 0.305 e. The third kappa shape index (κ3) is 4.06. The highest BCUT2D eigenvalue weighted by Gasteiger charge is 2.28. The molecule has 0 fully saturated rings. The van der Waals surface area contributed by atoms with E-state index in [2.05, 4.69) is 6.58 Å². The van der Waals surface area contributed by atoms with Crippen molar-refractivity contribution in [2.24, 2.45) is 0 Å². The van der Waals surface area contributed by atoms with Crippen molar-refractivity contribution in [1.82, 2.24) is 0 Å². The van der Waals surface area contributed by atoms with Gasteiger partial charge >= 0.3 is 7.60 Å². The Morgan fingerprint density at radius 2 is 1.79 bits per heavy atom. The Bertz CT molecular complexity index is 258. The predicted molar refractivity (Wildman–Crippen MR) is 54.8 cm³/mol. The minimum Gasteiger partial charge on any atom is -0.305 e. The van der Waals surface area contributed by atoms with Crippen molar-refractivity contribution in [3.05, 3.63) is 11.9 Å². The van der Waals surface area contributed by atoms with Gasteiger partial charge in [0.15, 0.2) is 0 Å². The van der Waals surface area contributed by atoms with E-state index >= 15 is 0 Å². The van der Waals surface area contributed by atoms with E-state index in [0.717, 1.165) is 12.8 Å². The summed E-state index contributed by atoms with van der Waals surface area (Å²) in [4.78, 5) is 0. The third-order valence-corrected chi connectivity index (χ3v) is 3.20. The van der Waals surface area contributed by atoms with Crippen LogP contribution in [0.3, 0.4) is 0 Å². The van der Waals surface area contributed by atoms with Gasteiger partial charge in [-0.25, -0.2) is 0 Å². The average Bonchev–Trinajstić information content (AvgIpc) is 2.22. The van der Waals surface area contributed by atoms with Gasteiger partial charge in [-0.05, 0) is 12.8 Å². The molecule has 0 aromatic heterocycles. The van der Waals surface area contributed by atoms with Crippen LogP contribution >= 0.6 is 7.60 Å². The molecule has 0 unspecified atom stereocenters. The molecule has 0 aromatic rings. The highest BCUT2D eigenvalue weighted by Crippen LogP contribution is 2.55. The molecule has 0 spiro atoms. The topological polar surface area (TPSA) is 59.3 Å². The van der Waals surface area contributed by atoms with Crippen molar-refractivity contribution in [2.75, 3.05) is 13.2 Å². The summed E-state index contributed by atoms with van der Waals surface area (Å²) in [7, 11) is -3.40. The monoisotopic (exact) mass is 217 g/mol. The average molecular weight is 217 g/mol. The van der Waals surface area contributed by atoms with E-state index in [0.29, 0.717) is 13.2 Å². The lowest BCUT2D eigenvalue weighted by Gasteiger charge is -2.15. The number of nitrogens with zero attached hydrogens (tertiary/aromatic N) is 1. The lowest BCUT2D eigenvalue weighted by atomic mass is 10.5. The first-order chi connectivity index (χ1) is 6.60. The zero-order valence-corrected chi connectivity index (χ0v) is 9.55. The second kappa shape index (κ2) is 6.78. The third-order valence-electron chi connectivity index (χ3n) is 1.39. The van der Waals surface area contributed by atoms with Crippen molar-refractivity contribution in [3.8, 4) is 6.07 Å².